The summed E-state index contributed by atoms with van der Waals surface area (Å²) in [7, 11) is 0. The molecule has 0 fully saturated rings. The van der Waals surface area contributed by atoms with Crippen molar-refractivity contribution in [1.29, 1.82) is 0 Å². The van der Waals surface area contributed by atoms with Gasteiger partial charge in [-0.15, -0.1) is 0 Å². The van der Waals surface area contributed by atoms with Gasteiger partial charge in [0.25, 0.3) is 0 Å². The smallest absolute Gasteiger partial charge is 0.0462 e. The van der Waals surface area contributed by atoms with Crippen LogP contribution in [0.3, 0.4) is 0 Å². The van der Waals surface area contributed by atoms with Gasteiger partial charge in [0.1, 0.15) is 0 Å². The zero-order valence-electron chi connectivity index (χ0n) is 31.7. The largest absolute Gasteiger partial charge is 0.311 e. The van der Waals surface area contributed by atoms with Gasteiger partial charge in [0.05, 0.1) is 0 Å². The Balaban J connectivity index is 1.02. The normalized spacial score (nSPS) is 12.6. The van der Waals surface area contributed by atoms with Crippen molar-refractivity contribution in [3.05, 3.63) is 223 Å². The molecule has 0 unspecified atom stereocenters. The Morgan fingerprint density at radius 2 is 0.732 bits per heavy atom. The first kappa shape index (κ1) is 33.6. The highest BCUT2D eigenvalue weighted by atomic mass is 15.1. The second-order valence-electron chi connectivity index (χ2n) is 15.4. The highest BCUT2D eigenvalue weighted by molar-refractivity contribution is 5.93. The monoisotopic (exact) mass is 715 g/mol. The van der Waals surface area contributed by atoms with E-state index in [2.05, 4.69) is 231 Å². The van der Waals surface area contributed by atoms with Crippen LogP contribution in [0.25, 0.3) is 66.4 Å². The first-order valence-corrected chi connectivity index (χ1v) is 19.5. The number of fused-ring (bicyclic) bond motifs is 4. The first-order valence-electron chi connectivity index (χ1n) is 19.5. The lowest BCUT2D eigenvalue weighted by Gasteiger charge is -2.26. The van der Waals surface area contributed by atoms with E-state index in [0.29, 0.717) is 0 Å². The quantitative estimate of drug-likeness (QED) is 0.159. The fourth-order valence-corrected chi connectivity index (χ4v) is 8.69. The minimum atomic E-state index is -0.0339. The number of hydrogen-bond acceptors (Lipinski definition) is 1. The van der Waals surface area contributed by atoms with Crippen molar-refractivity contribution in [2.45, 2.75) is 19.3 Å². The maximum atomic E-state index is 2.37. The van der Waals surface area contributed by atoms with Crippen molar-refractivity contribution in [3.63, 3.8) is 0 Å². The van der Waals surface area contributed by atoms with Crippen LogP contribution in [0.5, 0.6) is 0 Å². The number of rotatable bonds is 7. The van der Waals surface area contributed by atoms with Crippen LogP contribution in [0.4, 0.5) is 17.1 Å². The van der Waals surface area contributed by atoms with Gasteiger partial charge in [-0.2, -0.15) is 0 Å². The van der Waals surface area contributed by atoms with Gasteiger partial charge in [-0.3, -0.25) is 0 Å². The van der Waals surface area contributed by atoms with Crippen LogP contribution >= 0.6 is 0 Å². The Bertz CT molecular complexity index is 2830. The summed E-state index contributed by atoms with van der Waals surface area (Å²) in [5.74, 6) is 0. The van der Waals surface area contributed by atoms with E-state index in [1.165, 1.54) is 77.5 Å². The van der Waals surface area contributed by atoms with Gasteiger partial charge >= 0.3 is 0 Å². The Kier molecular flexibility index (Phi) is 8.23. The van der Waals surface area contributed by atoms with Crippen LogP contribution in [-0.4, -0.2) is 0 Å². The molecule has 0 bridgehead atoms. The lowest BCUT2D eigenvalue weighted by atomic mass is 9.82. The molecule has 0 N–H and O–H groups in total. The van der Waals surface area contributed by atoms with Crippen LogP contribution < -0.4 is 4.90 Å². The Morgan fingerprint density at radius 3 is 1.36 bits per heavy atom. The van der Waals surface area contributed by atoms with Gasteiger partial charge in [-0.25, -0.2) is 0 Å². The molecule has 266 valence electrons. The minimum absolute atomic E-state index is 0.0339. The van der Waals surface area contributed by atoms with E-state index >= 15 is 0 Å². The van der Waals surface area contributed by atoms with Gasteiger partial charge in [-0.05, 0) is 120 Å². The predicted octanol–water partition coefficient (Wildman–Crippen LogP) is 15.3. The van der Waals surface area contributed by atoms with Crippen LogP contribution in [0.1, 0.15) is 25.0 Å². The van der Waals surface area contributed by atoms with Crippen LogP contribution in [-0.2, 0) is 5.41 Å². The standard InChI is InChI=1S/C55H41N/c1-55(2)52-17-9-8-15-51(52)54-50(16-10-18-53(54)55)44-29-35-49(36-30-44)56(48-33-27-43(28-34-48)46-24-23-39-13-6-7-14-45(39)37-46)47-31-25-42(26-32-47)41-21-19-40(20-22-41)38-11-4-3-5-12-38/h3-37H,1-2H3. The molecule has 1 heteroatoms. The summed E-state index contributed by atoms with van der Waals surface area (Å²) < 4.78 is 0. The maximum absolute atomic E-state index is 2.37. The molecule has 56 heavy (non-hydrogen) atoms. The molecule has 1 nitrogen and oxygen atoms in total. The van der Waals surface area contributed by atoms with Gasteiger partial charge in [0.15, 0.2) is 0 Å². The van der Waals surface area contributed by atoms with E-state index in [1.807, 2.05) is 0 Å². The SMILES string of the molecule is CC1(C)c2ccccc2-c2c(-c3ccc(N(c4ccc(-c5ccc(-c6ccccc6)cc5)cc4)c4ccc(-c5ccc6ccccc6c5)cc4)cc3)cccc21. The molecule has 0 amide bonds. The highest BCUT2D eigenvalue weighted by Crippen LogP contribution is 2.52. The number of nitrogens with zero attached hydrogens (tertiary/aromatic N) is 1. The Labute approximate surface area is 329 Å². The lowest BCUT2D eigenvalue weighted by Crippen LogP contribution is -2.14. The number of benzene rings is 9. The summed E-state index contributed by atoms with van der Waals surface area (Å²) >= 11 is 0. The van der Waals surface area contributed by atoms with Crippen molar-refractivity contribution in [2.24, 2.45) is 0 Å². The van der Waals surface area contributed by atoms with E-state index < -0.39 is 0 Å². The number of anilines is 3. The number of hydrogen-bond donors (Lipinski definition) is 0. The fourth-order valence-electron chi connectivity index (χ4n) is 8.69. The molecule has 0 atom stereocenters. The minimum Gasteiger partial charge on any atom is -0.311 e. The molecule has 0 saturated carbocycles. The molecule has 0 radical (unpaired) electrons. The highest BCUT2D eigenvalue weighted by Gasteiger charge is 2.36. The lowest BCUT2D eigenvalue weighted by molar-refractivity contribution is 0.660. The summed E-state index contributed by atoms with van der Waals surface area (Å²) in [4.78, 5) is 2.37. The van der Waals surface area contributed by atoms with Crippen molar-refractivity contribution in [1.82, 2.24) is 0 Å². The average Bonchev–Trinajstić information content (AvgIpc) is 3.51. The zero-order valence-corrected chi connectivity index (χ0v) is 31.7. The Hall–Kier alpha value is -6.96. The van der Waals surface area contributed by atoms with E-state index in [0.717, 1.165) is 17.1 Å². The van der Waals surface area contributed by atoms with Gasteiger partial charge in [-0.1, -0.05) is 184 Å². The molecular formula is C55H41N. The molecule has 9 aromatic carbocycles. The van der Waals surface area contributed by atoms with Crippen LogP contribution in [0.2, 0.25) is 0 Å². The molecule has 0 spiro atoms. The third-order valence-corrected chi connectivity index (χ3v) is 11.7. The topological polar surface area (TPSA) is 3.24 Å². The Morgan fingerprint density at radius 1 is 0.304 bits per heavy atom. The zero-order chi connectivity index (χ0) is 37.6. The summed E-state index contributed by atoms with van der Waals surface area (Å²) in [5.41, 5.74) is 18.5. The molecule has 0 aromatic heterocycles. The summed E-state index contributed by atoms with van der Waals surface area (Å²) in [6.45, 7) is 4.69. The van der Waals surface area contributed by atoms with Gasteiger partial charge in [0.2, 0.25) is 0 Å². The second-order valence-corrected chi connectivity index (χ2v) is 15.4. The van der Waals surface area contributed by atoms with Crippen LogP contribution in [0, 0.1) is 0 Å². The third kappa shape index (κ3) is 5.90. The summed E-state index contributed by atoms with van der Waals surface area (Å²) in [6, 6.07) is 77.5. The molecule has 0 saturated heterocycles. The molecule has 10 rings (SSSR count). The third-order valence-electron chi connectivity index (χ3n) is 11.7. The van der Waals surface area contributed by atoms with Crippen molar-refractivity contribution < 1.29 is 0 Å². The van der Waals surface area contributed by atoms with E-state index in [-0.39, 0.29) is 5.41 Å². The average molecular weight is 716 g/mol. The van der Waals surface area contributed by atoms with Crippen molar-refractivity contribution in [2.75, 3.05) is 4.90 Å². The molecule has 1 aliphatic rings. The fraction of sp³-hybridized carbons (Fsp3) is 0.0545. The predicted molar refractivity (Wildman–Crippen MR) is 238 cm³/mol. The first-order chi connectivity index (χ1) is 27.5. The van der Waals surface area contributed by atoms with Crippen molar-refractivity contribution in [3.8, 4) is 55.6 Å². The molecule has 0 heterocycles. The summed E-state index contributed by atoms with van der Waals surface area (Å²) in [5, 5.41) is 2.51. The molecular weight excluding hydrogens is 675 g/mol. The van der Waals surface area contributed by atoms with E-state index in [1.54, 1.807) is 0 Å². The maximum Gasteiger partial charge on any atom is 0.0462 e. The van der Waals surface area contributed by atoms with Crippen LogP contribution in [0.15, 0.2) is 212 Å². The van der Waals surface area contributed by atoms with E-state index in [9.17, 15) is 0 Å². The van der Waals surface area contributed by atoms with Gasteiger partial charge in [0, 0.05) is 22.5 Å². The van der Waals surface area contributed by atoms with E-state index in [4.69, 9.17) is 0 Å². The second kappa shape index (κ2) is 13.7. The summed E-state index contributed by atoms with van der Waals surface area (Å²) in [6.07, 6.45) is 0. The molecule has 0 aliphatic heterocycles. The van der Waals surface area contributed by atoms with Gasteiger partial charge < -0.3 is 4.90 Å². The van der Waals surface area contributed by atoms with Crippen molar-refractivity contribution >= 4 is 27.8 Å². The molecule has 1 aliphatic carbocycles. The molecule has 9 aromatic rings.